The Morgan fingerprint density at radius 3 is 2.29 bits per heavy atom. The average Bonchev–Trinajstić information content (AvgIpc) is 2.88. The Kier molecular flexibility index (Phi) is 1.70. The maximum Gasteiger partial charge on any atom is -0.0201 e. The van der Waals surface area contributed by atoms with Crippen LogP contribution in [0.25, 0.3) is 0 Å². The Labute approximate surface area is 88.5 Å². The predicted octanol–water partition coefficient (Wildman–Crippen LogP) is 3.96. The molecule has 0 heterocycles. The van der Waals surface area contributed by atoms with Crippen molar-refractivity contribution in [2.75, 3.05) is 0 Å². The Bertz CT molecular complexity index is 243. The highest BCUT2D eigenvalue weighted by Crippen LogP contribution is 2.89. The summed E-state index contributed by atoms with van der Waals surface area (Å²) < 4.78 is 0. The van der Waals surface area contributed by atoms with Gasteiger partial charge < -0.3 is 0 Å². The van der Waals surface area contributed by atoms with Gasteiger partial charge in [-0.15, -0.1) is 0 Å². The minimum atomic E-state index is 0.888. The molecule has 80 valence electrons. The van der Waals surface area contributed by atoms with Gasteiger partial charge in [-0.2, -0.15) is 0 Å². The molecule has 3 saturated carbocycles. The van der Waals surface area contributed by atoms with Gasteiger partial charge in [0.15, 0.2) is 0 Å². The monoisotopic (exact) mass is 192 g/mol. The molecule has 4 unspecified atom stereocenters. The van der Waals surface area contributed by atoms with E-state index in [4.69, 9.17) is 0 Å². The fraction of sp³-hybridized carbons (Fsp3) is 1.00. The zero-order valence-corrected chi connectivity index (χ0v) is 10.1. The molecule has 0 bridgehead atoms. The summed E-state index contributed by atoms with van der Waals surface area (Å²) in [5.41, 5.74) is 0.888. The summed E-state index contributed by atoms with van der Waals surface area (Å²) in [5, 5.41) is 0. The first-order valence-corrected chi connectivity index (χ1v) is 6.57. The van der Waals surface area contributed by atoms with Gasteiger partial charge in [0.25, 0.3) is 0 Å². The van der Waals surface area contributed by atoms with Crippen LogP contribution in [0.4, 0.5) is 0 Å². The van der Waals surface area contributed by atoms with E-state index in [1.54, 1.807) is 6.42 Å². The van der Waals surface area contributed by atoms with Gasteiger partial charge in [0.05, 0.1) is 0 Å². The van der Waals surface area contributed by atoms with Crippen molar-refractivity contribution in [2.24, 2.45) is 40.9 Å². The smallest absolute Gasteiger partial charge is 0.0201 e. The van der Waals surface area contributed by atoms with Crippen LogP contribution < -0.4 is 0 Å². The first-order valence-electron chi connectivity index (χ1n) is 6.57. The lowest BCUT2D eigenvalue weighted by Gasteiger charge is -2.27. The van der Waals surface area contributed by atoms with Crippen LogP contribution in [-0.2, 0) is 0 Å². The largest absolute Gasteiger partial charge is 0.0628 e. The van der Waals surface area contributed by atoms with E-state index >= 15 is 0 Å². The van der Waals surface area contributed by atoms with Crippen LogP contribution >= 0.6 is 0 Å². The maximum atomic E-state index is 2.52. The van der Waals surface area contributed by atoms with Crippen LogP contribution in [0.1, 0.15) is 47.0 Å². The fourth-order valence-corrected chi connectivity index (χ4v) is 5.05. The average molecular weight is 192 g/mol. The van der Waals surface area contributed by atoms with Crippen molar-refractivity contribution >= 4 is 0 Å². The molecule has 0 aromatic heterocycles. The second kappa shape index (κ2) is 2.57. The molecular weight excluding hydrogens is 168 g/mol. The molecule has 0 radical (unpaired) electrons. The van der Waals surface area contributed by atoms with E-state index in [2.05, 4.69) is 27.7 Å². The van der Waals surface area contributed by atoms with Crippen molar-refractivity contribution in [3.63, 3.8) is 0 Å². The van der Waals surface area contributed by atoms with E-state index in [0.717, 1.165) is 29.1 Å². The molecule has 4 atom stereocenters. The number of hydrogen-bond donors (Lipinski definition) is 0. The summed E-state index contributed by atoms with van der Waals surface area (Å²) in [6.07, 6.45) is 4.59. The lowest BCUT2D eigenvalue weighted by atomic mass is 9.78. The minimum Gasteiger partial charge on any atom is -0.0628 e. The van der Waals surface area contributed by atoms with Gasteiger partial charge in [0.1, 0.15) is 0 Å². The molecule has 3 fully saturated rings. The van der Waals surface area contributed by atoms with Crippen molar-refractivity contribution in [1.82, 2.24) is 0 Å². The topological polar surface area (TPSA) is 0 Å². The SMILES string of the molecule is CC(C)CC1C2C1C21CC(C)CC1C. The molecule has 3 rings (SSSR count). The predicted molar refractivity (Wildman–Crippen MR) is 59.9 cm³/mol. The molecule has 0 aromatic carbocycles. The molecule has 0 N–H and O–H groups in total. The summed E-state index contributed by atoms with van der Waals surface area (Å²) in [5.74, 6) is 6.53. The van der Waals surface area contributed by atoms with E-state index in [0.29, 0.717) is 0 Å². The lowest BCUT2D eigenvalue weighted by Crippen LogP contribution is -2.21. The number of rotatable bonds is 2. The second-order valence-corrected chi connectivity index (χ2v) is 6.90. The molecule has 0 saturated heterocycles. The zero-order valence-electron chi connectivity index (χ0n) is 10.1. The fourth-order valence-electron chi connectivity index (χ4n) is 5.05. The summed E-state index contributed by atoms with van der Waals surface area (Å²) >= 11 is 0. The van der Waals surface area contributed by atoms with E-state index < -0.39 is 0 Å². The number of fused-ring (bicyclic) bond motifs is 3. The minimum absolute atomic E-state index is 0.888. The van der Waals surface area contributed by atoms with Crippen LogP contribution in [-0.4, -0.2) is 0 Å². The van der Waals surface area contributed by atoms with Gasteiger partial charge in [-0.3, -0.25) is 0 Å². The van der Waals surface area contributed by atoms with E-state index in [9.17, 15) is 0 Å². The quantitative estimate of drug-likeness (QED) is 0.621. The van der Waals surface area contributed by atoms with Gasteiger partial charge in [0.2, 0.25) is 0 Å². The summed E-state index contributed by atoms with van der Waals surface area (Å²) in [7, 11) is 0. The third-order valence-corrected chi connectivity index (χ3v) is 5.42. The molecule has 14 heavy (non-hydrogen) atoms. The first kappa shape index (κ1) is 9.24. The van der Waals surface area contributed by atoms with Crippen molar-refractivity contribution in [2.45, 2.75) is 47.0 Å². The van der Waals surface area contributed by atoms with E-state index in [1.807, 2.05) is 0 Å². The van der Waals surface area contributed by atoms with Crippen molar-refractivity contribution in [3.05, 3.63) is 0 Å². The van der Waals surface area contributed by atoms with Gasteiger partial charge in [-0.25, -0.2) is 0 Å². The summed E-state index contributed by atoms with van der Waals surface area (Å²) in [6.45, 7) is 9.73. The van der Waals surface area contributed by atoms with E-state index in [1.165, 1.54) is 24.7 Å². The number of hydrogen-bond acceptors (Lipinski definition) is 0. The van der Waals surface area contributed by atoms with Crippen molar-refractivity contribution in [1.29, 1.82) is 0 Å². The summed E-state index contributed by atoms with van der Waals surface area (Å²) in [4.78, 5) is 0. The van der Waals surface area contributed by atoms with Crippen molar-refractivity contribution in [3.8, 4) is 0 Å². The Morgan fingerprint density at radius 2 is 1.86 bits per heavy atom. The highest BCUT2D eigenvalue weighted by molar-refractivity contribution is 5.31. The summed E-state index contributed by atoms with van der Waals surface area (Å²) in [6, 6.07) is 0. The van der Waals surface area contributed by atoms with Crippen LogP contribution in [0.15, 0.2) is 0 Å². The molecule has 3 aliphatic carbocycles. The van der Waals surface area contributed by atoms with Crippen LogP contribution in [0.2, 0.25) is 0 Å². The maximum absolute atomic E-state index is 2.52. The third-order valence-electron chi connectivity index (χ3n) is 5.42. The van der Waals surface area contributed by atoms with Gasteiger partial charge in [0, 0.05) is 0 Å². The lowest BCUT2D eigenvalue weighted by molar-refractivity contribution is 0.214. The van der Waals surface area contributed by atoms with Gasteiger partial charge in [-0.1, -0.05) is 27.7 Å². The molecule has 1 spiro atoms. The Balaban J connectivity index is 1.61. The van der Waals surface area contributed by atoms with E-state index in [-0.39, 0.29) is 0 Å². The molecule has 0 amide bonds. The molecule has 0 aromatic rings. The van der Waals surface area contributed by atoms with Crippen LogP contribution in [0.3, 0.4) is 0 Å². The Morgan fingerprint density at radius 1 is 1.21 bits per heavy atom. The third kappa shape index (κ3) is 0.955. The molecule has 0 heteroatoms. The standard InChI is InChI=1S/C14H24/c1-8(2)5-11-12-13(11)14(12)7-9(3)6-10(14)4/h8-13H,5-7H2,1-4H3. The van der Waals surface area contributed by atoms with Crippen LogP contribution in [0, 0.1) is 40.9 Å². The second-order valence-electron chi connectivity index (χ2n) is 6.90. The molecular formula is C14H24. The van der Waals surface area contributed by atoms with Gasteiger partial charge >= 0.3 is 0 Å². The highest BCUT2D eigenvalue weighted by Gasteiger charge is 2.84. The van der Waals surface area contributed by atoms with Crippen molar-refractivity contribution < 1.29 is 0 Å². The first-order chi connectivity index (χ1) is 6.57. The molecule has 0 aliphatic heterocycles. The Hall–Kier alpha value is 0. The molecule has 3 aliphatic rings. The molecule has 0 nitrogen and oxygen atoms in total. The highest BCUT2D eigenvalue weighted by atomic mass is 14.9. The normalized spacial score (nSPS) is 59.4. The van der Waals surface area contributed by atoms with Crippen LogP contribution in [0.5, 0.6) is 0 Å². The van der Waals surface area contributed by atoms with Gasteiger partial charge in [-0.05, 0) is 60.2 Å². The zero-order chi connectivity index (χ0) is 10.1.